The monoisotopic (exact) mass is 197 g/mol. The summed E-state index contributed by atoms with van der Waals surface area (Å²) >= 11 is 0. The van der Waals surface area contributed by atoms with E-state index in [1.54, 1.807) is 6.08 Å². The molecule has 0 radical (unpaired) electrons. The number of benzene rings is 1. The molecule has 74 valence electrons. The summed E-state index contributed by atoms with van der Waals surface area (Å²) in [4.78, 5) is 0. The molecule has 0 atom stereocenters. The van der Waals surface area contributed by atoms with Crippen molar-refractivity contribution in [1.29, 1.82) is 5.26 Å². The van der Waals surface area contributed by atoms with Gasteiger partial charge in [0.15, 0.2) is 0 Å². The molecule has 0 unspecified atom stereocenters. The van der Waals surface area contributed by atoms with Gasteiger partial charge in [0.25, 0.3) is 0 Å². The van der Waals surface area contributed by atoms with E-state index in [2.05, 4.69) is 12.6 Å². The molecule has 0 aliphatic carbocycles. The maximum absolute atomic E-state index is 9.01. The zero-order chi connectivity index (χ0) is 10.7. The fourth-order valence-corrected chi connectivity index (χ4v) is 1.68. The van der Waals surface area contributed by atoms with Gasteiger partial charge >= 0.3 is 0 Å². The molecular formula is C13H11NO. The number of fused-ring (bicyclic) bond motifs is 1. The minimum Gasteiger partial charge on any atom is -0.487 e. The molecule has 0 saturated carbocycles. The molecule has 2 rings (SSSR count). The highest BCUT2D eigenvalue weighted by atomic mass is 16.5. The lowest BCUT2D eigenvalue weighted by Gasteiger charge is -2.02. The molecule has 0 N–H and O–H groups in total. The van der Waals surface area contributed by atoms with Gasteiger partial charge in [0.1, 0.15) is 12.4 Å². The Morgan fingerprint density at radius 3 is 3.07 bits per heavy atom. The lowest BCUT2D eigenvalue weighted by Crippen LogP contribution is -1.87. The number of ether oxygens (including phenoxy) is 1. The van der Waals surface area contributed by atoms with Crippen LogP contribution in [0.3, 0.4) is 0 Å². The number of nitrogens with zero attached hydrogens (tertiary/aromatic N) is 1. The summed E-state index contributed by atoms with van der Waals surface area (Å²) in [5.74, 6) is 0.716. The summed E-state index contributed by atoms with van der Waals surface area (Å²) in [6.07, 6.45) is 2.27. The van der Waals surface area contributed by atoms with Gasteiger partial charge in [0.05, 0.1) is 11.6 Å². The Morgan fingerprint density at radius 2 is 2.33 bits per heavy atom. The van der Waals surface area contributed by atoms with Crippen LogP contribution in [0.4, 0.5) is 0 Å². The van der Waals surface area contributed by atoms with Crippen molar-refractivity contribution in [3.8, 4) is 6.07 Å². The lowest BCUT2D eigenvalue weighted by atomic mass is 10.0. The maximum Gasteiger partial charge on any atom is 0.141 e. The largest absolute Gasteiger partial charge is 0.487 e. The van der Waals surface area contributed by atoms with Crippen LogP contribution < -0.4 is 0 Å². The van der Waals surface area contributed by atoms with Crippen LogP contribution in [0.5, 0.6) is 0 Å². The van der Waals surface area contributed by atoms with Crippen LogP contribution in [0, 0.1) is 11.3 Å². The number of rotatable bonds is 2. The van der Waals surface area contributed by atoms with Gasteiger partial charge in [0.2, 0.25) is 0 Å². The molecule has 1 aliphatic rings. The molecule has 1 aromatic carbocycles. The first-order valence-electron chi connectivity index (χ1n) is 4.82. The Bertz CT molecular complexity index is 466. The Kier molecular flexibility index (Phi) is 2.55. The van der Waals surface area contributed by atoms with Gasteiger partial charge in [-0.05, 0) is 0 Å². The Balaban J connectivity index is 2.50. The number of nitriles is 1. The van der Waals surface area contributed by atoms with E-state index in [1.165, 1.54) is 0 Å². The molecule has 0 bridgehead atoms. The smallest absolute Gasteiger partial charge is 0.141 e. The van der Waals surface area contributed by atoms with Crippen molar-refractivity contribution in [2.24, 2.45) is 0 Å². The van der Waals surface area contributed by atoms with Gasteiger partial charge in [-0.1, -0.05) is 30.3 Å². The van der Waals surface area contributed by atoms with Crippen LogP contribution in [-0.2, 0) is 11.3 Å². The van der Waals surface area contributed by atoms with Gasteiger partial charge in [-0.2, -0.15) is 5.26 Å². The zero-order valence-corrected chi connectivity index (χ0v) is 8.36. The first-order valence-corrected chi connectivity index (χ1v) is 4.82. The lowest BCUT2D eigenvalue weighted by molar-refractivity contribution is 0.283. The average Bonchev–Trinajstić information content (AvgIpc) is 2.70. The molecule has 0 saturated heterocycles. The van der Waals surface area contributed by atoms with E-state index in [-0.39, 0.29) is 0 Å². The predicted molar refractivity (Wildman–Crippen MR) is 58.6 cm³/mol. The van der Waals surface area contributed by atoms with Crippen LogP contribution >= 0.6 is 0 Å². The van der Waals surface area contributed by atoms with Gasteiger partial charge < -0.3 is 4.74 Å². The molecule has 0 aromatic heterocycles. The van der Waals surface area contributed by atoms with Crippen molar-refractivity contribution in [3.05, 3.63) is 53.6 Å². The molecule has 0 fully saturated rings. The molecule has 0 spiro atoms. The van der Waals surface area contributed by atoms with E-state index >= 15 is 0 Å². The van der Waals surface area contributed by atoms with Crippen LogP contribution in [0.1, 0.15) is 17.5 Å². The standard InChI is InChI=1S/C13H11NO/c1-2-5-10(8-14)13-12-7-4-3-6-11(12)9-15-13/h2-4,6-7H,1,5,9H2/b13-10-. The highest BCUT2D eigenvalue weighted by Crippen LogP contribution is 2.32. The molecule has 1 aromatic rings. The van der Waals surface area contributed by atoms with Crippen LogP contribution in [0.15, 0.2) is 42.5 Å². The van der Waals surface area contributed by atoms with Crippen LogP contribution in [0.2, 0.25) is 0 Å². The summed E-state index contributed by atoms with van der Waals surface area (Å²) in [7, 11) is 0. The number of allylic oxidation sites excluding steroid dienone is 2. The summed E-state index contributed by atoms with van der Waals surface area (Å²) in [6, 6.07) is 10.1. The van der Waals surface area contributed by atoms with E-state index in [0.717, 1.165) is 11.1 Å². The highest BCUT2D eigenvalue weighted by molar-refractivity contribution is 5.71. The van der Waals surface area contributed by atoms with Crippen molar-refractivity contribution in [2.75, 3.05) is 0 Å². The van der Waals surface area contributed by atoms with Crippen molar-refractivity contribution < 1.29 is 4.74 Å². The minimum absolute atomic E-state index is 0.556. The number of hydrogen-bond acceptors (Lipinski definition) is 2. The SMILES string of the molecule is C=CC/C(C#N)=C1/OCc2ccccc21. The first-order chi connectivity index (χ1) is 7.36. The second-order valence-corrected chi connectivity index (χ2v) is 3.36. The quantitative estimate of drug-likeness (QED) is 0.539. The molecular weight excluding hydrogens is 186 g/mol. The minimum atomic E-state index is 0.556. The molecule has 0 amide bonds. The van der Waals surface area contributed by atoms with E-state index in [9.17, 15) is 0 Å². The third kappa shape index (κ3) is 1.64. The van der Waals surface area contributed by atoms with E-state index < -0.39 is 0 Å². The van der Waals surface area contributed by atoms with Crippen molar-refractivity contribution in [1.82, 2.24) is 0 Å². The normalized spacial score (nSPS) is 16.2. The molecule has 15 heavy (non-hydrogen) atoms. The highest BCUT2D eigenvalue weighted by Gasteiger charge is 2.20. The van der Waals surface area contributed by atoms with Gasteiger partial charge in [-0.15, -0.1) is 6.58 Å². The third-order valence-electron chi connectivity index (χ3n) is 2.39. The molecule has 1 heterocycles. The van der Waals surface area contributed by atoms with Gasteiger partial charge in [0, 0.05) is 17.5 Å². The summed E-state index contributed by atoms with van der Waals surface area (Å²) in [5.41, 5.74) is 2.83. The summed E-state index contributed by atoms with van der Waals surface area (Å²) in [5, 5.41) is 9.01. The topological polar surface area (TPSA) is 33.0 Å². The number of hydrogen-bond donors (Lipinski definition) is 0. The van der Waals surface area contributed by atoms with Crippen LogP contribution in [-0.4, -0.2) is 0 Å². The predicted octanol–water partition coefficient (Wildman–Crippen LogP) is 3.03. The fourth-order valence-electron chi connectivity index (χ4n) is 1.68. The van der Waals surface area contributed by atoms with E-state index in [1.807, 2.05) is 24.3 Å². The molecule has 2 heteroatoms. The first kappa shape index (κ1) is 9.54. The van der Waals surface area contributed by atoms with Crippen LogP contribution in [0.25, 0.3) is 5.76 Å². The Morgan fingerprint density at radius 1 is 1.53 bits per heavy atom. The second kappa shape index (κ2) is 4.02. The van der Waals surface area contributed by atoms with Gasteiger partial charge in [-0.25, -0.2) is 0 Å². The van der Waals surface area contributed by atoms with Gasteiger partial charge in [-0.3, -0.25) is 0 Å². The Hall–Kier alpha value is -2.01. The van der Waals surface area contributed by atoms with Crippen molar-refractivity contribution >= 4 is 5.76 Å². The average molecular weight is 197 g/mol. The second-order valence-electron chi connectivity index (χ2n) is 3.36. The van der Waals surface area contributed by atoms with E-state index in [4.69, 9.17) is 10.00 Å². The summed E-state index contributed by atoms with van der Waals surface area (Å²) < 4.78 is 5.54. The summed E-state index contributed by atoms with van der Waals surface area (Å²) in [6.45, 7) is 4.20. The zero-order valence-electron chi connectivity index (χ0n) is 8.36. The Labute approximate surface area is 89.1 Å². The third-order valence-corrected chi connectivity index (χ3v) is 2.39. The van der Waals surface area contributed by atoms with Crippen molar-refractivity contribution in [3.63, 3.8) is 0 Å². The van der Waals surface area contributed by atoms with E-state index in [0.29, 0.717) is 24.4 Å². The molecule has 2 nitrogen and oxygen atoms in total. The molecule has 1 aliphatic heterocycles. The fraction of sp³-hybridized carbons (Fsp3) is 0.154. The maximum atomic E-state index is 9.01. The van der Waals surface area contributed by atoms with Crippen molar-refractivity contribution in [2.45, 2.75) is 13.0 Å².